The van der Waals surface area contributed by atoms with Crippen molar-refractivity contribution >= 4 is 35.6 Å². The largest absolute Gasteiger partial charge is 0.495 e. The summed E-state index contributed by atoms with van der Waals surface area (Å²) in [4.78, 5) is 24.1. The Morgan fingerprint density at radius 1 is 1.17 bits per heavy atom. The zero-order valence-corrected chi connectivity index (χ0v) is 15.0. The first-order valence-corrected chi connectivity index (χ1v) is 8.07. The van der Waals surface area contributed by atoms with Crippen LogP contribution in [0.5, 0.6) is 5.75 Å². The fourth-order valence-electron chi connectivity index (χ4n) is 2.85. The number of hydrogen-bond donors (Lipinski definition) is 3. The second-order valence-electron chi connectivity index (χ2n) is 5.82. The van der Waals surface area contributed by atoms with Gasteiger partial charge in [-0.25, -0.2) is 0 Å². The molecule has 1 saturated carbocycles. The van der Waals surface area contributed by atoms with Crippen LogP contribution in [-0.2, 0) is 9.59 Å². The number of carbonyl (C=O) groups excluding carboxylic acids is 2. The number of ether oxygens (including phenoxy) is 1. The van der Waals surface area contributed by atoms with E-state index in [4.69, 9.17) is 4.74 Å². The molecule has 0 saturated heterocycles. The Morgan fingerprint density at radius 3 is 2.50 bits per heavy atom. The van der Waals surface area contributed by atoms with E-state index in [-0.39, 0.29) is 36.7 Å². The minimum atomic E-state index is -0.137. The van der Waals surface area contributed by atoms with E-state index in [0.29, 0.717) is 17.1 Å². The van der Waals surface area contributed by atoms with Crippen molar-refractivity contribution in [3.05, 3.63) is 18.2 Å². The fraction of sp³-hybridized carbons (Fsp3) is 0.529. The van der Waals surface area contributed by atoms with Crippen molar-refractivity contribution in [3.63, 3.8) is 0 Å². The predicted octanol–water partition coefficient (Wildman–Crippen LogP) is 2.79. The Hall–Kier alpha value is -1.79. The van der Waals surface area contributed by atoms with E-state index in [1.54, 1.807) is 32.4 Å². The number of anilines is 2. The molecule has 0 bridgehead atoms. The van der Waals surface area contributed by atoms with Crippen molar-refractivity contribution < 1.29 is 14.3 Å². The molecule has 0 unspecified atom stereocenters. The minimum absolute atomic E-state index is 0. The second kappa shape index (κ2) is 10.2. The Kier molecular flexibility index (Phi) is 8.57. The first kappa shape index (κ1) is 20.3. The number of amides is 2. The van der Waals surface area contributed by atoms with Crippen LogP contribution in [-0.4, -0.2) is 32.5 Å². The van der Waals surface area contributed by atoms with Crippen LogP contribution < -0.4 is 20.7 Å². The number of halogens is 1. The second-order valence-corrected chi connectivity index (χ2v) is 5.82. The molecular weight excluding hydrogens is 330 g/mol. The van der Waals surface area contributed by atoms with Crippen LogP contribution in [0.25, 0.3) is 0 Å². The highest BCUT2D eigenvalue weighted by Gasteiger charge is 2.22. The van der Waals surface area contributed by atoms with Gasteiger partial charge in [-0.2, -0.15) is 0 Å². The monoisotopic (exact) mass is 355 g/mol. The first-order chi connectivity index (χ1) is 11.1. The average molecular weight is 356 g/mol. The number of carbonyl (C=O) groups is 2. The van der Waals surface area contributed by atoms with Gasteiger partial charge < -0.3 is 20.7 Å². The molecule has 1 aliphatic rings. The highest BCUT2D eigenvalue weighted by molar-refractivity contribution is 5.96. The Bertz CT molecular complexity index is 560. The normalized spacial score (nSPS) is 14.4. The summed E-state index contributed by atoms with van der Waals surface area (Å²) < 4.78 is 5.30. The van der Waals surface area contributed by atoms with E-state index in [2.05, 4.69) is 16.0 Å². The van der Waals surface area contributed by atoms with Crippen LogP contribution in [0.3, 0.4) is 0 Å². The smallest absolute Gasteiger partial charge is 0.238 e. The van der Waals surface area contributed by atoms with Crippen LogP contribution in [0.4, 0.5) is 11.4 Å². The summed E-state index contributed by atoms with van der Waals surface area (Å²) in [5, 5.41) is 8.52. The molecule has 0 atom stereocenters. The number of methoxy groups -OCH3 is 1. The van der Waals surface area contributed by atoms with Crippen molar-refractivity contribution in [3.8, 4) is 5.75 Å². The quantitative estimate of drug-likeness (QED) is 0.733. The SMILES string of the molecule is CNCC(=O)Nc1ccc(OC)c(NC(=O)C2CCCCC2)c1.Cl. The maximum Gasteiger partial charge on any atom is 0.238 e. The molecule has 1 aromatic carbocycles. The molecule has 134 valence electrons. The third kappa shape index (κ3) is 5.69. The Balaban J connectivity index is 0.00000288. The lowest BCUT2D eigenvalue weighted by Gasteiger charge is -2.21. The predicted molar refractivity (Wildman–Crippen MR) is 98.0 cm³/mol. The molecule has 1 aromatic rings. The number of nitrogens with one attached hydrogen (secondary N) is 3. The maximum absolute atomic E-state index is 12.4. The van der Waals surface area contributed by atoms with Gasteiger partial charge in [0.25, 0.3) is 0 Å². The summed E-state index contributed by atoms with van der Waals surface area (Å²) >= 11 is 0. The van der Waals surface area contributed by atoms with Gasteiger partial charge in [0.05, 0.1) is 19.3 Å². The van der Waals surface area contributed by atoms with Crippen LogP contribution >= 0.6 is 12.4 Å². The molecule has 0 spiro atoms. The summed E-state index contributed by atoms with van der Waals surface area (Å²) in [5.41, 5.74) is 1.22. The van der Waals surface area contributed by atoms with Crippen molar-refractivity contribution in [2.24, 2.45) is 5.92 Å². The van der Waals surface area contributed by atoms with E-state index in [9.17, 15) is 9.59 Å². The molecule has 2 rings (SSSR count). The van der Waals surface area contributed by atoms with Gasteiger partial charge >= 0.3 is 0 Å². The number of benzene rings is 1. The topological polar surface area (TPSA) is 79.5 Å². The molecular formula is C17H26ClN3O3. The lowest BCUT2D eigenvalue weighted by Crippen LogP contribution is -2.26. The van der Waals surface area contributed by atoms with Gasteiger partial charge in [0.2, 0.25) is 11.8 Å². The van der Waals surface area contributed by atoms with Crippen LogP contribution in [0.2, 0.25) is 0 Å². The molecule has 3 N–H and O–H groups in total. The zero-order chi connectivity index (χ0) is 16.7. The average Bonchev–Trinajstić information content (AvgIpc) is 2.56. The Morgan fingerprint density at radius 2 is 1.88 bits per heavy atom. The number of rotatable bonds is 6. The molecule has 7 heteroatoms. The van der Waals surface area contributed by atoms with Crippen LogP contribution in [0.1, 0.15) is 32.1 Å². The first-order valence-electron chi connectivity index (χ1n) is 8.07. The lowest BCUT2D eigenvalue weighted by atomic mass is 9.88. The van der Waals surface area contributed by atoms with Crippen molar-refractivity contribution in [2.45, 2.75) is 32.1 Å². The molecule has 0 aromatic heterocycles. The third-order valence-corrected chi connectivity index (χ3v) is 4.05. The molecule has 1 fully saturated rings. The standard InChI is InChI=1S/C17H25N3O3.ClH/c1-18-11-16(21)19-13-8-9-15(23-2)14(10-13)20-17(22)12-6-4-3-5-7-12;/h8-10,12,18H,3-7,11H2,1-2H3,(H,19,21)(H,20,22);1H. The maximum atomic E-state index is 12.4. The van der Waals surface area contributed by atoms with Gasteiger partial charge in [0.15, 0.2) is 0 Å². The Labute approximate surface area is 149 Å². The number of likely N-dealkylation sites (N-methyl/N-ethyl adjacent to an activating group) is 1. The van der Waals surface area contributed by atoms with E-state index in [1.165, 1.54) is 6.42 Å². The zero-order valence-electron chi connectivity index (χ0n) is 14.2. The molecule has 0 radical (unpaired) electrons. The van der Waals surface area contributed by atoms with E-state index >= 15 is 0 Å². The summed E-state index contributed by atoms with van der Waals surface area (Å²) in [5.74, 6) is 0.542. The molecule has 2 amide bonds. The van der Waals surface area contributed by atoms with Gasteiger partial charge in [0, 0.05) is 11.6 Å². The summed E-state index contributed by atoms with van der Waals surface area (Å²) in [6, 6.07) is 5.22. The molecule has 6 nitrogen and oxygen atoms in total. The van der Waals surface area contributed by atoms with Gasteiger partial charge in [-0.3, -0.25) is 9.59 Å². The van der Waals surface area contributed by atoms with Gasteiger partial charge in [-0.1, -0.05) is 19.3 Å². The highest BCUT2D eigenvalue weighted by atomic mass is 35.5. The lowest BCUT2D eigenvalue weighted by molar-refractivity contribution is -0.120. The van der Waals surface area contributed by atoms with Gasteiger partial charge in [-0.15, -0.1) is 12.4 Å². The molecule has 24 heavy (non-hydrogen) atoms. The van der Waals surface area contributed by atoms with Crippen LogP contribution in [0.15, 0.2) is 18.2 Å². The summed E-state index contributed by atoms with van der Waals surface area (Å²) in [6.07, 6.45) is 5.30. The van der Waals surface area contributed by atoms with E-state index in [1.807, 2.05) is 0 Å². The minimum Gasteiger partial charge on any atom is -0.495 e. The summed E-state index contributed by atoms with van der Waals surface area (Å²) in [7, 11) is 3.27. The molecule has 1 aliphatic carbocycles. The third-order valence-electron chi connectivity index (χ3n) is 4.05. The van der Waals surface area contributed by atoms with Crippen molar-refractivity contribution in [1.29, 1.82) is 0 Å². The van der Waals surface area contributed by atoms with Gasteiger partial charge in [-0.05, 0) is 38.1 Å². The summed E-state index contributed by atoms with van der Waals surface area (Å²) in [6.45, 7) is 0.232. The molecule has 0 heterocycles. The molecule has 0 aliphatic heterocycles. The van der Waals surface area contributed by atoms with Gasteiger partial charge in [0.1, 0.15) is 5.75 Å². The highest BCUT2D eigenvalue weighted by Crippen LogP contribution is 2.30. The van der Waals surface area contributed by atoms with E-state index in [0.717, 1.165) is 25.7 Å². The van der Waals surface area contributed by atoms with Crippen molar-refractivity contribution in [1.82, 2.24) is 5.32 Å². The fourth-order valence-corrected chi connectivity index (χ4v) is 2.85. The van der Waals surface area contributed by atoms with Crippen LogP contribution in [0, 0.1) is 5.92 Å². The van der Waals surface area contributed by atoms with Crippen molar-refractivity contribution in [2.75, 3.05) is 31.3 Å². The van der Waals surface area contributed by atoms with E-state index < -0.39 is 0 Å². The number of hydrogen-bond acceptors (Lipinski definition) is 4.